The zero-order valence-electron chi connectivity index (χ0n) is 17.1. The van der Waals surface area contributed by atoms with Gasteiger partial charge in [0.15, 0.2) is 17.5 Å². The number of thiazole rings is 1. The molecule has 1 aromatic carbocycles. The Hall–Kier alpha value is -1.55. The second-order valence-corrected chi connectivity index (χ2v) is 8.40. The summed E-state index contributed by atoms with van der Waals surface area (Å²) in [7, 11) is 2.05. The molecule has 2 aromatic rings. The van der Waals surface area contributed by atoms with E-state index in [4.69, 9.17) is 14.5 Å². The largest absolute Gasteiger partial charge is 0.454 e. The van der Waals surface area contributed by atoms with E-state index in [0.29, 0.717) is 13.3 Å². The number of rotatable bonds is 6. The van der Waals surface area contributed by atoms with Crippen LogP contribution in [-0.2, 0) is 12.0 Å². The highest BCUT2D eigenvalue weighted by Crippen LogP contribution is 2.36. The Bertz CT molecular complexity index is 822. The fourth-order valence-electron chi connectivity index (χ4n) is 2.95. The molecule has 1 aromatic heterocycles. The third-order valence-corrected chi connectivity index (χ3v) is 5.36. The van der Waals surface area contributed by atoms with Gasteiger partial charge in [-0.05, 0) is 31.5 Å². The summed E-state index contributed by atoms with van der Waals surface area (Å²) in [6.45, 7) is 11.0. The lowest BCUT2D eigenvalue weighted by Crippen LogP contribution is -2.39. The van der Waals surface area contributed by atoms with Crippen LogP contribution in [0.25, 0.3) is 0 Å². The molecular weight excluding hydrogens is 487 g/mol. The van der Waals surface area contributed by atoms with Crippen LogP contribution in [-0.4, -0.2) is 42.8 Å². The quantitative estimate of drug-likeness (QED) is 0.355. The van der Waals surface area contributed by atoms with Gasteiger partial charge in [-0.3, -0.25) is 4.99 Å². The van der Waals surface area contributed by atoms with Crippen molar-refractivity contribution in [1.29, 1.82) is 0 Å². The van der Waals surface area contributed by atoms with Crippen LogP contribution in [0.3, 0.4) is 0 Å². The van der Waals surface area contributed by atoms with Gasteiger partial charge in [0.05, 0.1) is 23.8 Å². The summed E-state index contributed by atoms with van der Waals surface area (Å²) in [5.74, 6) is 2.51. The highest BCUT2D eigenvalue weighted by atomic mass is 127. The Morgan fingerprint density at radius 2 is 2.07 bits per heavy atom. The highest BCUT2D eigenvalue weighted by Gasteiger charge is 2.24. The third-order valence-electron chi connectivity index (χ3n) is 4.54. The van der Waals surface area contributed by atoms with Crippen molar-refractivity contribution in [3.05, 3.63) is 39.8 Å². The molecule has 0 unspecified atom stereocenters. The SMILES string of the molecule is CCNC(=NCC(C)(C)c1ccc2c(c1)OCO2)N(C)Cc1csc(C)n1.I. The van der Waals surface area contributed by atoms with Crippen LogP contribution >= 0.6 is 35.3 Å². The van der Waals surface area contributed by atoms with E-state index in [9.17, 15) is 0 Å². The van der Waals surface area contributed by atoms with Crippen molar-refractivity contribution >= 4 is 41.3 Å². The molecule has 0 amide bonds. The number of aryl methyl sites for hydroxylation is 1. The van der Waals surface area contributed by atoms with Crippen LogP contribution in [0.2, 0.25) is 0 Å². The molecule has 0 saturated heterocycles. The number of aromatic nitrogens is 1. The Balaban J connectivity index is 0.00000280. The maximum Gasteiger partial charge on any atom is 0.231 e. The molecule has 2 heterocycles. The predicted molar refractivity (Wildman–Crippen MR) is 125 cm³/mol. The molecule has 0 radical (unpaired) electrons. The highest BCUT2D eigenvalue weighted by molar-refractivity contribution is 14.0. The van der Waals surface area contributed by atoms with Crippen LogP contribution in [0, 0.1) is 6.92 Å². The van der Waals surface area contributed by atoms with Crippen LogP contribution in [0.1, 0.15) is 37.0 Å². The van der Waals surface area contributed by atoms with E-state index < -0.39 is 0 Å². The fourth-order valence-corrected chi connectivity index (χ4v) is 3.55. The van der Waals surface area contributed by atoms with Gasteiger partial charge in [0.25, 0.3) is 0 Å². The smallest absolute Gasteiger partial charge is 0.231 e. The summed E-state index contributed by atoms with van der Waals surface area (Å²) in [5, 5.41) is 6.57. The van der Waals surface area contributed by atoms with Gasteiger partial charge in [0.2, 0.25) is 6.79 Å². The molecule has 6 nitrogen and oxygen atoms in total. The minimum Gasteiger partial charge on any atom is -0.454 e. The molecule has 1 aliphatic heterocycles. The van der Waals surface area contributed by atoms with Gasteiger partial charge in [0, 0.05) is 24.4 Å². The van der Waals surface area contributed by atoms with Crippen LogP contribution in [0.5, 0.6) is 11.5 Å². The number of hydrogen-bond donors (Lipinski definition) is 1. The predicted octanol–water partition coefficient (Wildman–Crippen LogP) is 4.17. The Morgan fingerprint density at radius 1 is 1.32 bits per heavy atom. The van der Waals surface area contributed by atoms with Crippen LogP contribution in [0.15, 0.2) is 28.6 Å². The summed E-state index contributed by atoms with van der Waals surface area (Å²) in [4.78, 5) is 11.6. The number of fused-ring (bicyclic) bond motifs is 1. The van der Waals surface area contributed by atoms with Crippen molar-refractivity contribution in [3.8, 4) is 11.5 Å². The molecule has 0 aliphatic carbocycles. The van der Waals surface area contributed by atoms with Gasteiger partial charge in [-0.2, -0.15) is 0 Å². The average Bonchev–Trinajstić information content (AvgIpc) is 3.26. The van der Waals surface area contributed by atoms with Crippen molar-refractivity contribution in [1.82, 2.24) is 15.2 Å². The maximum absolute atomic E-state index is 5.52. The minimum atomic E-state index is -0.125. The van der Waals surface area contributed by atoms with E-state index in [1.54, 1.807) is 11.3 Å². The van der Waals surface area contributed by atoms with Gasteiger partial charge in [-0.25, -0.2) is 4.98 Å². The van der Waals surface area contributed by atoms with Crippen molar-refractivity contribution in [3.63, 3.8) is 0 Å². The summed E-state index contributed by atoms with van der Waals surface area (Å²) in [6, 6.07) is 6.13. The van der Waals surface area contributed by atoms with Crippen molar-refractivity contribution < 1.29 is 9.47 Å². The fraction of sp³-hybridized carbons (Fsp3) is 0.500. The molecule has 0 saturated carbocycles. The van der Waals surface area contributed by atoms with Gasteiger partial charge in [0.1, 0.15) is 0 Å². The molecule has 0 atom stereocenters. The molecule has 0 fully saturated rings. The van der Waals surface area contributed by atoms with E-state index >= 15 is 0 Å². The molecule has 8 heteroatoms. The number of ether oxygens (including phenoxy) is 2. The summed E-state index contributed by atoms with van der Waals surface area (Å²) in [6.07, 6.45) is 0. The van der Waals surface area contributed by atoms with E-state index in [-0.39, 0.29) is 29.4 Å². The third kappa shape index (κ3) is 5.50. The lowest BCUT2D eigenvalue weighted by atomic mass is 9.84. The van der Waals surface area contributed by atoms with Crippen LogP contribution < -0.4 is 14.8 Å². The van der Waals surface area contributed by atoms with Crippen LogP contribution in [0.4, 0.5) is 0 Å². The number of aliphatic imine (C=N–C) groups is 1. The molecule has 154 valence electrons. The van der Waals surface area contributed by atoms with Gasteiger partial charge < -0.3 is 19.7 Å². The summed E-state index contributed by atoms with van der Waals surface area (Å²) >= 11 is 1.68. The van der Waals surface area contributed by atoms with Crippen molar-refractivity contribution in [2.75, 3.05) is 26.9 Å². The lowest BCUT2D eigenvalue weighted by molar-refractivity contribution is 0.174. The lowest BCUT2D eigenvalue weighted by Gasteiger charge is -2.26. The zero-order valence-corrected chi connectivity index (χ0v) is 20.3. The maximum atomic E-state index is 5.52. The van der Waals surface area contributed by atoms with Crippen molar-refractivity contribution in [2.45, 2.75) is 39.7 Å². The molecule has 0 bridgehead atoms. The van der Waals surface area contributed by atoms with E-state index in [1.165, 1.54) is 5.56 Å². The Kier molecular flexibility index (Phi) is 7.94. The molecule has 0 spiro atoms. The van der Waals surface area contributed by atoms with E-state index in [0.717, 1.165) is 41.2 Å². The molecular formula is C20H29IN4O2S. The molecule has 3 rings (SSSR count). The Morgan fingerprint density at radius 3 is 2.75 bits per heavy atom. The number of nitrogens with zero attached hydrogens (tertiary/aromatic N) is 3. The number of halogens is 1. The summed E-state index contributed by atoms with van der Waals surface area (Å²) in [5.41, 5.74) is 2.13. The first kappa shape index (κ1) is 22.7. The first-order chi connectivity index (χ1) is 12.9. The van der Waals surface area contributed by atoms with E-state index in [2.05, 4.69) is 53.5 Å². The molecule has 1 N–H and O–H groups in total. The monoisotopic (exact) mass is 516 g/mol. The Labute approximate surface area is 188 Å². The average molecular weight is 516 g/mol. The number of guanidine groups is 1. The molecule has 28 heavy (non-hydrogen) atoms. The second-order valence-electron chi connectivity index (χ2n) is 7.34. The normalized spacial score (nSPS) is 13.2. The number of nitrogens with one attached hydrogen (secondary N) is 1. The van der Waals surface area contributed by atoms with Crippen molar-refractivity contribution in [2.24, 2.45) is 4.99 Å². The first-order valence-corrected chi connectivity index (χ1v) is 10.1. The zero-order chi connectivity index (χ0) is 19.4. The molecule has 1 aliphatic rings. The van der Waals surface area contributed by atoms with E-state index in [1.807, 2.05) is 20.0 Å². The van der Waals surface area contributed by atoms with Gasteiger partial charge in [-0.1, -0.05) is 19.9 Å². The topological polar surface area (TPSA) is 59.0 Å². The first-order valence-electron chi connectivity index (χ1n) is 9.19. The minimum absolute atomic E-state index is 0. The number of benzene rings is 1. The number of hydrogen-bond acceptors (Lipinski definition) is 5. The standard InChI is InChI=1S/C20H28N4O2S.HI/c1-6-21-19(24(5)10-16-11-27-14(2)23-16)22-12-20(3,4)15-7-8-17-18(9-15)26-13-25-17;/h7-9,11H,6,10,12-13H2,1-5H3,(H,21,22);1H. The second kappa shape index (κ2) is 9.78. The van der Waals surface area contributed by atoms with Gasteiger partial charge in [-0.15, -0.1) is 35.3 Å². The summed E-state index contributed by atoms with van der Waals surface area (Å²) < 4.78 is 10.9. The van der Waals surface area contributed by atoms with Gasteiger partial charge >= 0.3 is 0 Å².